The predicted molar refractivity (Wildman–Crippen MR) is 52.2 cm³/mol. The van der Waals surface area contributed by atoms with Crippen molar-refractivity contribution in [2.24, 2.45) is 0 Å². The lowest BCUT2D eigenvalue weighted by Gasteiger charge is -2.22. The van der Waals surface area contributed by atoms with Crippen LogP contribution in [0.5, 0.6) is 0 Å². The number of carbonyl (C=O) groups is 1. The van der Waals surface area contributed by atoms with Crippen LogP contribution in [0.15, 0.2) is 22.4 Å². The molecular formula is C10H12ClNO. The number of likely N-dealkylation sites (N-methyl/N-ethyl adjacent to an activating group) is 1. The average Bonchev–Trinajstić information content (AvgIpc) is 2.42. The number of amides is 1. The van der Waals surface area contributed by atoms with Crippen LogP contribution in [0.1, 0.15) is 26.2 Å². The highest BCUT2D eigenvalue weighted by Gasteiger charge is 2.30. The Bertz CT molecular complexity index is 317. The molecule has 2 nitrogen and oxygen atoms in total. The molecule has 0 saturated heterocycles. The molecule has 3 heteroatoms. The molecule has 0 atom stereocenters. The average molecular weight is 198 g/mol. The highest BCUT2D eigenvalue weighted by Crippen LogP contribution is 2.37. The lowest BCUT2D eigenvalue weighted by Crippen LogP contribution is -2.25. The molecule has 0 aromatic rings. The van der Waals surface area contributed by atoms with Gasteiger partial charge in [0.25, 0.3) is 5.91 Å². The van der Waals surface area contributed by atoms with E-state index in [0.29, 0.717) is 6.54 Å². The molecule has 0 saturated carbocycles. The van der Waals surface area contributed by atoms with Crippen LogP contribution in [0.3, 0.4) is 0 Å². The normalized spacial score (nSPS) is 22.2. The molecule has 0 fully saturated rings. The molecule has 0 aromatic carbocycles. The Balaban J connectivity index is 2.43. The fraction of sp³-hybridized carbons (Fsp3) is 0.500. The zero-order chi connectivity index (χ0) is 9.42. The van der Waals surface area contributed by atoms with Crippen molar-refractivity contribution >= 4 is 17.5 Å². The van der Waals surface area contributed by atoms with Crippen LogP contribution in [0, 0.1) is 0 Å². The first-order valence-electron chi connectivity index (χ1n) is 4.65. The smallest absolute Gasteiger partial charge is 0.251 e. The molecule has 1 aliphatic heterocycles. The third-order valence-electron chi connectivity index (χ3n) is 2.55. The van der Waals surface area contributed by atoms with Gasteiger partial charge in [-0.3, -0.25) is 4.79 Å². The summed E-state index contributed by atoms with van der Waals surface area (Å²) in [5.74, 6) is 0.0903. The summed E-state index contributed by atoms with van der Waals surface area (Å²) in [6.07, 6.45) is 4.70. The van der Waals surface area contributed by atoms with Crippen LogP contribution < -0.4 is 0 Å². The van der Waals surface area contributed by atoms with Gasteiger partial charge in [0, 0.05) is 17.7 Å². The van der Waals surface area contributed by atoms with Gasteiger partial charge in [0.2, 0.25) is 0 Å². The van der Waals surface area contributed by atoms with Gasteiger partial charge in [0.05, 0.1) is 5.70 Å². The number of fused-ring (bicyclic) bond motifs is 1. The summed E-state index contributed by atoms with van der Waals surface area (Å²) in [5, 5.41) is 0.852. The predicted octanol–water partition coefficient (Wildman–Crippen LogP) is 2.41. The lowest BCUT2D eigenvalue weighted by molar-refractivity contribution is -0.123. The van der Waals surface area contributed by atoms with Crippen LogP contribution in [-0.2, 0) is 4.79 Å². The maximum atomic E-state index is 11.5. The fourth-order valence-corrected chi connectivity index (χ4v) is 2.31. The summed E-state index contributed by atoms with van der Waals surface area (Å²) in [6, 6.07) is 0. The van der Waals surface area contributed by atoms with Gasteiger partial charge >= 0.3 is 0 Å². The van der Waals surface area contributed by atoms with Crippen molar-refractivity contribution in [2.75, 3.05) is 6.54 Å². The second-order valence-corrected chi connectivity index (χ2v) is 3.82. The SMILES string of the molecule is CCN1C(=O)C=C2CCCC(Cl)=C21. The summed E-state index contributed by atoms with van der Waals surface area (Å²) < 4.78 is 0. The molecule has 1 amide bonds. The van der Waals surface area contributed by atoms with Crippen molar-refractivity contribution in [3.63, 3.8) is 0 Å². The minimum Gasteiger partial charge on any atom is -0.308 e. The lowest BCUT2D eigenvalue weighted by atomic mass is 9.99. The van der Waals surface area contributed by atoms with Crippen LogP contribution in [0.25, 0.3) is 0 Å². The molecule has 0 radical (unpaired) electrons. The van der Waals surface area contributed by atoms with E-state index < -0.39 is 0 Å². The minimum absolute atomic E-state index is 0.0903. The molecule has 13 heavy (non-hydrogen) atoms. The zero-order valence-corrected chi connectivity index (χ0v) is 8.40. The van der Waals surface area contributed by atoms with Crippen LogP contribution in [0.2, 0.25) is 0 Å². The number of allylic oxidation sites excluding steroid dienone is 2. The van der Waals surface area contributed by atoms with Crippen LogP contribution in [0.4, 0.5) is 0 Å². The molecule has 0 N–H and O–H groups in total. The molecular weight excluding hydrogens is 186 g/mol. The number of rotatable bonds is 1. The van der Waals surface area contributed by atoms with Gasteiger partial charge < -0.3 is 4.90 Å². The van der Waals surface area contributed by atoms with E-state index in [2.05, 4.69) is 0 Å². The van der Waals surface area contributed by atoms with E-state index in [1.807, 2.05) is 6.92 Å². The molecule has 0 spiro atoms. The van der Waals surface area contributed by atoms with Gasteiger partial charge in [-0.05, 0) is 31.8 Å². The van der Waals surface area contributed by atoms with E-state index in [1.165, 1.54) is 0 Å². The molecule has 1 aliphatic carbocycles. The largest absolute Gasteiger partial charge is 0.308 e. The minimum atomic E-state index is 0.0903. The van der Waals surface area contributed by atoms with Gasteiger partial charge in [-0.1, -0.05) is 11.6 Å². The van der Waals surface area contributed by atoms with E-state index in [9.17, 15) is 4.79 Å². The summed E-state index contributed by atoms with van der Waals surface area (Å²) >= 11 is 6.10. The van der Waals surface area contributed by atoms with Crippen molar-refractivity contribution in [1.29, 1.82) is 0 Å². The van der Waals surface area contributed by atoms with Crippen molar-refractivity contribution in [3.05, 3.63) is 22.4 Å². The highest BCUT2D eigenvalue weighted by atomic mass is 35.5. The van der Waals surface area contributed by atoms with E-state index in [-0.39, 0.29) is 5.91 Å². The second-order valence-electron chi connectivity index (χ2n) is 3.36. The molecule has 1 heterocycles. The Morgan fingerprint density at radius 2 is 2.31 bits per heavy atom. The van der Waals surface area contributed by atoms with Crippen molar-refractivity contribution in [1.82, 2.24) is 4.90 Å². The quantitative estimate of drug-likeness (QED) is 0.632. The Kier molecular flexibility index (Phi) is 2.16. The van der Waals surface area contributed by atoms with E-state index in [1.54, 1.807) is 11.0 Å². The van der Waals surface area contributed by atoms with Gasteiger partial charge in [0.15, 0.2) is 0 Å². The van der Waals surface area contributed by atoms with Gasteiger partial charge in [-0.15, -0.1) is 0 Å². The number of carbonyl (C=O) groups excluding carboxylic acids is 1. The Morgan fingerprint density at radius 3 is 3.00 bits per heavy atom. The van der Waals surface area contributed by atoms with E-state index >= 15 is 0 Å². The third-order valence-corrected chi connectivity index (χ3v) is 2.92. The first kappa shape index (κ1) is 8.82. The second kappa shape index (κ2) is 3.18. The standard InChI is InChI=1S/C10H12ClNO/c1-2-12-9(13)6-7-4-3-5-8(11)10(7)12/h6H,2-5H2,1H3. The van der Waals surface area contributed by atoms with Crippen LogP contribution in [-0.4, -0.2) is 17.4 Å². The fourth-order valence-electron chi connectivity index (χ4n) is 1.96. The monoisotopic (exact) mass is 197 g/mol. The third kappa shape index (κ3) is 1.29. The number of halogens is 1. The number of hydrogen-bond donors (Lipinski definition) is 0. The maximum absolute atomic E-state index is 11.5. The molecule has 70 valence electrons. The molecule has 0 bridgehead atoms. The molecule has 0 aromatic heterocycles. The number of hydrogen-bond acceptors (Lipinski definition) is 1. The van der Waals surface area contributed by atoms with Crippen LogP contribution >= 0.6 is 11.6 Å². The van der Waals surface area contributed by atoms with Crippen molar-refractivity contribution in [2.45, 2.75) is 26.2 Å². The van der Waals surface area contributed by atoms with E-state index in [0.717, 1.165) is 35.6 Å². The first-order chi connectivity index (χ1) is 6.24. The summed E-state index contributed by atoms with van der Waals surface area (Å²) in [4.78, 5) is 13.2. The Morgan fingerprint density at radius 1 is 1.54 bits per heavy atom. The summed E-state index contributed by atoms with van der Waals surface area (Å²) in [6.45, 7) is 2.69. The van der Waals surface area contributed by atoms with Crippen molar-refractivity contribution < 1.29 is 4.79 Å². The van der Waals surface area contributed by atoms with Gasteiger partial charge in [-0.25, -0.2) is 0 Å². The highest BCUT2D eigenvalue weighted by molar-refractivity contribution is 6.30. The summed E-state index contributed by atoms with van der Waals surface area (Å²) in [5.41, 5.74) is 2.11. The molecule has 2 aliphatic rings. The summed E-state index contributed by atoms with van der Waals surface area (Å²) in [7, 11) is 0. The topological polar surface area (TPSA) is 20.3 Å². The number of nitrogens with zero attached hydrogens (tertiary/aromatic N) is 1. The zero-order valence-electron chi connectivity index (χ0n) is 7.64. The Hall–Kier alpha value is -0.760. The maximum Gasteiger partial charge on any atom is 0.251 e. The molecule has 0 unspecified atom stereocenters. The van der Waals surface area contributed by atoms with Gasteiger partial charge in [-0.2, -0.15) is 0 Å². The van der Waals surface area contributed by atoms with Gasteiger partial charge in [0.1, 0.15) is 0 Å². The first-order valence-corrected chi connectivity index (χ1v) is 5.03. The Labute approximate surface area is 82.9 Å². The van der Waals surface area contributed by atoms with E-state index in [4.69, 9.17) is 11.6 Å². The van der Waals surface area contributed by atoms with Crippen molar-refractivity contribution in [3.8, 4) is 0 Å². The molecule has 2 rings (SSSR count).